The molecule has 1 heterocycles. The smallest absolute Gasteiger partial charge is 0.407 e. The number of anilines is 2. The van der Waals surface area contributed by atoms with Crippen LogP contribution in [-0.2, 0) is 16.1 Å². The van der Waals surface area contributed by atoms with Crippen LogP contribution >= 0.6 is 0 Å². The molecular formula is C16H19N5O3. The van der Waals surface area contributed by atoms with Crippen LogP contribution in [-0.4, -0.2) is 42.6 Å². The standard InChI is InChI=1S/C16H19N5O3/c1-21(2)15-17-8-13(9-18-15)20-14(22)10-19-16(23)24-11-12-6-4-3-5-7-12/h3-9H,10-11H2,1-2H3,(H,19,23)(H,20,22). The zero-order valence-electron chi connectivity index (χ0n) is 13.5. The predicted octanol–water partition coefficient (Wildman–Crippen LogP) is 1.41. The van der Waals surface area contributed by atoms with Crippen LogP contribution in [0, 0.1) is 0 Å². The molecule has 0 aliphatic rings. The van der Waals surface area contributed by atoms with E-state index in [1.54, 1.807) is 4.90 Å². The summed E-state index contributed by atoms with van der Waals surface area (Å²) in [5.74, 6) is 0.142. The van der Waals surface area contributed by atoms with Crippen LogP contribution in [0.4, 0.5) is 16.4 Å². The summed E-state index contributed by atoms with van der Waals surface area (Å²) >= 11 is 0. The van der Waals surface area contributed by atoms with E-state index in [1.165, 1.54) is 12.4 Å². The molecular weight excluding hydrogens is 310 g/mol. The highest BCUT2D eigenvalue weighted by molar-refractivity contribution is 5.93. The number of amides is 2. The van der Waals surface area contributed by atoms with Crippen LogP contribution in [0.25, 0.3) is 0 Å². The first-order valence-corrected chi connectivity index (χ1v) is 7.28. The Kier molecular flexibility index (Phi) is 6.07. The molecule has 1 aromatic heterocycles. The lowest BCUT2D eigenvalue weighted by atomic mass is 10.2. The average molecular weight is 329 g/mol. The van der Waals surface area contributed by atoms with Gasteiger partial charge in [-0.1, -0.05) is 30.3 Å². The summed E-state index contributed by atoms with van der Waals surface area (Å²) in [6.07, 6.45) is 2.33. The van der Waals surface area contributed by atoms with Crippen molar-refractivity contribution in [2.45, 2.75) is 6.61 Å². The third-order valence-electron chi connectivity index (χ3n) is 2.93. The van der Waals surface area contributed by atoms with Gasteiger partial charge in [-0.25, -0.2) is 14.8 Å². The van der Waals surface area contributed by atoms with Crippen molar-refractivity contribution >= 4 is 23.6 Å². The molecule has 126 valence electrons. The number of rotatable bonds is 6. The number of carbonyl (C=O) groups excluding carboxylic acids is 2. The molecule has 8 nitrogen and oxygen atoms in total. The quantitative estimate of drug-likeness (QED) is 0.832. The van der Waals surface area contributed by atoms with Crippen LogP contribution < -0.4 is 15.5 Å². The molecule has 0 spiro atoms. The molecule has 1 aromatic carbocycles. The molecule has 0 atom stereocenters. The molecule has 0 saturated heterocycles. The molecule has 0 aliphatic heterocycles. The minimum atomic E-state index is -0.659. The number of nitrogens with one attached hydrogen (secondary N) is 2. The first kappa shape index (κ1) is 17.2. The fourth-order valence-corrected chi connectivity index (χ4v) is 1.75. The monoisotopic (exact) mass is 329 g/mol. The summed E-state index contributed by atoms with van der Waals surface area (Å²) in [5.41, 5.74) is 1.32. The SMILES string of the molecule is CN(C)c1ncc(NC(=O)CNC(=O)OCc2ccccc2)cn1. The molecule has 2 amide bonds. The number of nitrogens with zero attached hydrogens (tertiary/aromatic N) is 3. The maximum Gasteiger partial charge on any atom is 0.407 e. The van der Waals surface area contributed by atoms with E-state index in [4.69, 9.17) is 4.74 Å². The van der Waals surface area contributed by atoms with Gasteiger partial charge in [0.25, 0.3) is 0 Å². The highest BCUT2D eigenvalue weighted by atomic mass is 16.5. The number of hydrogen-bond acceptors (Lipinski definition) is 6. The normalized spacial score (nSPS) is 9.92. The van der Waals surface area contributed by atoms with Gasteiger partial charge in [-0.3, -0.25) is 4.79 Å². The Morgan fingerprint density at radius 2 is 1.79 bits per heavy atom. The Morgan fingerprint density at radius 1 is 1.12 bits per heavy atom. The molecule has 2 rings (SSSR count). The maximum absolute atomic E-state index is 11.8. The highest BCUT2D eigenvalue weighted by Gasteiger charge is 2.08. The third kappa shape index (κ3) is 5.56. The molecule has 8 heteroatoms. The van der Waals surface area contributed by atoms with E-state index in [2.05, 4.69) is 20.6 Å². The van der Waals surface area contributed by atoms with E-state index in [0.717, 1.165) is 5.56 Å². The van der Waals surface area contributed by atoms with Crippen molar-refractivity contribution in [3.8, 4) is 0 Å². The summed E-state index contributed by atoms with van der Waals surface area (Å²) in [4.78, 5) is 33.2. The second kappa shape index (κ2) is 8.47. The van der Waals surface area contributed by atoms with Crippen LogP contribution in [0.3, 0.4) is 0 Å². The summed E-state index contributed by atoms with van der Waals surface area (Å²) in [7, 11) is 3.64. The number of aromatic nitrogens is 2. The van der Waals surface area contributed by atoms with E-state index in [1.807, 2.05) is 44.4 Å². The van der Waals surface area contributed by atoms with Crippen molar-refractivity contribution in [3.63, 3.8) is 0 Å². The van der Waals surface area contributed by atoms with E-state index >= 15 is 0 Å². The second-order valence-corrected chi connectivity index (χ2v) is 5.13. The summed E-state index contributed by atoms with van der Waals surface area (Å²) in [6, 6.07) is 9.28. The molecule has 0 aliphatic carbocycles. The number of carbonyl (C=O) groups is 2. The lowest BCUT2D eigenvalue weighted by Gasteiger charge is -2.10. The fourth-order valence-electron chi connectivity index (χ4n) is 1.75. The second-order valence-electron chi connectivity index (χ2n) is 5.13. The Bertz CT molecular complexity index is 674. The molecule has 0 radical (unpaired) electrons. The average Bonchev–Trinajstić information content (AvgIpc) is 2.59. The molecule has 2 N–H and O–H groups in total. The number of hydrogen-bond donors (Lipinski definition) is 2. The van der Waals surface area contributed by atoms with Gasteiger partial charge in [0.15, 0.2) is 0 Å². The molecule has 0 fully saturated rings. The number of ether oxygens (including phenoxy) is 1. The van der Waals surface area contributed by atoms with E-state index in [-0.39, 0.29) is 13.2 Å². The first-order chi connectivity index (χ1) is 11.5. The topological polar surface area (TPSA) is 96.5 Å². The van der Waals surface area contributed by atoms with Crippen molar-refractivity contribution in [2.75, 3.05) is 30.9 Å². The zero-order chi connectivity index (χ0) is 17.4. The minimum absolute atomic E-state index is 0.147. The van der Waals surface area contributed by atoms with Crippen molar-refractivity contribution in [1.82, 2.24) is 15.3 Å². The zero-order valence-corrected chi connectivity index (χ0v) is 13.5. The van der Waals surface area contributed by atoms with Crippen molar-refractivity contribution in [3.05, 3.63) is 48.3 Å². The Labute approximate surface area is 139 Å². The molecule has 24 heavy (non-hydrogen) atoms. The lowest BCUT2D eigenvalue weighted by molar-refractivity contribution is -0.115. The molecule has 0 bridgehead atoms. The third-order valence-corrected chi connectivity index (χ3v) is 2.93. The van der Waals surface area contributed by atoms with Gasteiger partial charge in [-0.2, -0.15) is 0 Å². The Hall–Kier alpha value is -3.16. The van der Waals surface area contributed by atoms with Gasteiger partial charge >= 0.3 is 6.09 Å². The van der Waals surface area contributed by atoms with Gasteiger partial charge in [0.05, 0.1) is 18.1 Å². The molecule has 0 unspecified atom stereocenters. The number of benzene rings is 1. The highest BCUT2D eigenvalue weighted by Crippen LogP contribution is 2.07. The van der Waals surface area contributed by atoms with Gasteiger partial charge < -0.3 is 20.3 Å². The number of alkyl carbamates (subject to hydrolysis) is 1. The van der Waals surface area contributed by atoms with Gasteiger partial charge in [-0.15, -0.1) is 0 Å². The maximum atomic E-state index is 11.8. The molecule has 2 aromatic rings. The van der Waals surface area contributed by atoms with E-state index < -0.39 is 12.0 Å². The lowest BCUT2D eigenvalue weighted by Crippen LogP contribution is -2.33. The van der Waals surface area contributed by atoms with Crippen LogP contribution in [0.2, 0.25) is 0 Å². The summed E-state index contributed by atoms with van der Waals surface area (Å²) in [5, 5.41) is 4.96. The van der Waals surface area contributed by atoms with Crippen molar-refractivity contribution in [2.24, 2.45) is 0 Å². The van der Waals surface area contributed by atoms with Crippen molar-refractivity contribution in [1.29, 1.82) is 0 Å². The van der Waals surface area contributed by atoms with E-state index in [9.17, 15) is 9.59 Å². The largest absolute Gasteiger partial charge is 0.445 e. The minimum Gasteiger partial charge on any atom is -0.445 e. The Balaban J connectivity index is 1.71. The summed E-state index contributed by atoms with van der Waals surface area (Å²) < 4.78 is 5.01. The van der Waals surface area contributed by atoms with Crippen LogP contribution in [0.1, 0.15) is 5.56 Å². The van der Waals surface area contributed by atoms with E-state index in [0.29, 0.717) is 11.6 Å². The first-order valence-electron chi connectivity index (χ1n) is 7.28. The van der Waals surface area contributed by atoms with Gasteiger partial charge in [0.2, 0.25) is 11.9 Å². The molecule has 0 saturated carbocycles. The van der Waals surface area contributed by atoms with Gasteiger partial charge in [0.1, 0.15) is 13.2 Å². The summed E-state index contributed by atoms with van der Waals surface area (Å²) in [6.45, 7) is -0.0583. The van der Waals surface area contributed by atoms with Gasteiger partial charge in [-0.05, 0) is 5.56 Å². The van der Waals surface area contributed by atoms with Crippen LogP contribution in [0.15, 0.2) is 42.7 Å². The Morgan fingerprint density at radius 3 is 2.42 bits per heavy atom. The predicted molar refractivity (Wildman–Crippen MR) is 89.6 cm³/mol. The van der Waals surface area contributed by atoms with Crippen LogP contribution in [0.5, 0.6) is 0 Å². The van der Waals surface area contributed by atoms with Crippen molar-refractivity contribution < 1.29 is 14.3 Å². The fraction of sp³-hybridized carbons (Fsp3) is 0.250. The van der Waals surface area contributed by atoms with Gasteiger partial charge in [0, 0.05) is 14.1 Å².